The van der Waals surface area contributed by atoms with E-state index in [0.29, 0.717) is 12.8 Å². The minimum absolute atomic E-state index is 0.180. The van der Waals surface area contributed by atoms with Crippen molar-refractivity contribution in [3.63, 3.8) is 0 Å². The van der Waals surface area contributed by atoms with Crippen LogP contribution >= 0.6 is 7.82 Å². The molecular formula is C39H65O8P. The van der Waals surface area contributed by atoms with Crippen LogP contribution in [0.4, 0.5) is 0 Å². The highest BCUT2D eigenvalue weighted by Crippen LogP contribution is 2.35. The van der Waals surface area contributed by atoms with Crippen LogP contribution in [-0.2, 0) is 28.2 Å². The molecule has 2 N–H and O–H groups in total. The van der Waals surface area contributed by atoms with Crippen molar-refractivity contribution in [1.29, 1.82) is 0 Å². The largest absolute Gasteiger partial charge is 0.469 e. The summed E-state index contributed by atoms with van der Waals surface area (Å²) in [4.78, 5) is 42.6. The predicted molar refractivity (Wildman–Crippen MR) is 197 cm³/mol. The van der Waals surface area contributed by atoms with Crippen molar-refractivity contribution in [2.45, 2.75) is 148 Å². The van der Waals surface area contributed by atoms with E-state index in [-0.39, 0.29) is 19.4 Å². The van der Waals surface area contributed by atoms with Crippen molar-refractivity contribution in [1.82, 2.24) is 0 Å². The summed E-state index contributed by atoms with van der Waals surface area (Å²) in [7, 11) is -4.77. The lowest BCUT2D eigenvalue weighted by molar-refractivity contribution is -0.161. The van der Waals surface area contributed by atoms with Gasteiger partial charge in [0, 0.05) is 12.8 Å². The van der Waals surface area contributed by atoms with Crippen LogP contribution in [0.1, 0.15) is 142 Å². The Balaban J connectivity index is 4.10. The fourth-order valence-electron chi connectivity index (χ4n) is 4.51. The summed E-state index contributed by atoms with van der Waals surface area (Å²) in [5.74, 6) is -0.958. The second-order valence-electron chi connectivity index (χ2n) is 11.8. The molecule has 274 valence electrons. The molecule has 48 heavy (non-hydrogen) atoms. The number of hydrogen-bond acceptors (Lipinski definition) is 6. The highest BCUT2D eigenvalue weighted by molar-refractivity contribution is 7.46. The highest BCUT2D eigenvalue weighted by atomic mass is 31.2. The number of esters is 2. The Morgan fingerprint density at radius 1 is 0.562 bits per heavy atom. The first-order valence-electron chi connectivity index (χ1n) is 18.2. The van der Waals surface area contributed by atoms with Gasteiger partial charge in [-0.3, -0.25) is 14.1 Å². The molecule has 0 radical (unpaired) electrons. The maximum absolute atomic E-state index is 12.3. The number of phosphoric acid groups is 1. The van der Waals surface area contributed by atoms with Crippen LogP contribution < -0.4 is 0 Å². The molecule has 0 heterocycles. The van der Waals surface area contributed by atoms with Gasteiger partial charge in [0.05, 0.1) is 6.61 Å². The fraction of sp³-hybridized carbons (Fsp3) is 0.641. The third kappa shape index (κ3) is 36.3. The predicted octanol–water partition coefficient (Wildman–Crippen LogP) is 10.7. The zero-order chi connectivity index (χ0) is 35.4. The number of phosphoric ester groups is 1. The van der Waals surface area contributed by atoms with E-state index < -0.39 is 32.5 Å². The minimum atomic E-state index is -4.77. The molecule has 0 aliphatic rings. The van der Waals surface area contributed by atoms with Gasteiger partial charge in [0.2, 0.25) is 0 Å². The third-order valence-electron chi connectivity index (χ3n) is 7.21. The SMILES string of the molecule is CC/C=C\C/C=C\C/C=C\CCCCCCCC(=O)O[C@H](COC(=O)CCCC/C=C\C/C=C\C/C=C\CCCCC)COP(=O)(O)O. The Morgan fingerprint density at radius 3 is 1.54 bits per heavy atom. The number of rotatable bonds is 32. The summed E-state index contributed by atoms with van der Waals surface area (Å²) < 4.78 is 26.2. The van der Waals surface area contributed by atoms with E-state index in [9.17, 15) is 14.2 Å². The summed E-state index contributed by atoms with van der Waals surface area (Å²) in [6.45, 7) is 3.47. The van der Waals surface area contributed by atoms with Crippen molar-refractivity contribution in [3.05, 3.63) is 72.9 Å². The second-order valence-corrected chi connectivity index (χ2v) is 13.0. The monoisotopic (exact) mass is 692 g/mol. The molecular weight excluding hydrogens is 627 g/mol. The van der Waals surface area contributed by atoms with Gasteiger partial charge in [-0.05, 0) is 83.5 Å². The molecule has 0 aromatic heterocycles. The van der Waals surface area contributed by atoms with Crippen LogP contribution in [-0.4, -0.2) is 41.0 Å². The Hall–Kier alpha value is -2.51. The normalized spacial score (nSPS) is 13.3. The zero-order valence-corrected chi connectivity index (χ0v) is 30.7. The summed E-state index contributed by atoms with van der Waals surface area (Å²) >= 11 is 0. The lowest BCUT2D eigenvalue weighted by Crippen LogP contribution is -2.29. The molecule has 0 fully saturated rings. The second kappa shape index (κ2) is 34.4. The van der Waals surface area contributed by atoms with E-state index in [1.807, 2.05) is 0 Å². The lowest BCUT2D eigenvalue weighted by atomic mass is 10.1. The van der Waals surface area contributed by atoms with E-state index in [1.54, 1.807) is 0 Å². The van der Waals surface area contributed by atoms with Gasteiger partial charge in [0.25, 0.3) is 0 Å². The number of ether oxygens (including phenoxy) is 2. The topological polar surface area (TPSA) is 119 Å². The van der Waals surface area contributed by atoms with E-state index in [2.05, 4.69) is 91.3 Å². The van der Waals surface area contributed by atoms with Crippen molar-refractivity contribution < 1.29 is 37.9 Å². The smallest absolute Gasteiger partial charge is 0.462 e. The number of carbonyl (C=O) groups is 2. The molecule has 0 bridgehead atoms. The molecule has 0 aromatic carbocycles. The molecule has 0 aromatic rings. The van der Waals surface area contributed by atoms with Gasteiger partial charge in [-0.25, -0.2) is 4.57 Å². The molecule has 0 saturated heterocycles. The van der Waals surface area contributed by atoms with Gasteiger partial charge in [0.1, 0.15) is 6.61 Å². The van der Waals surface area contributed by atoms with E-state index in [4.69, 9.17) is 19.3 Å². The average Bonchev–Trinajstić information content (AvgIpc) is 3.05. The lowest BCUT2D eigenvalue weighted by Gasteiger charge is -2.18. The quantitative estimate of drug-likeness (QED) is 0.0309. The van der Waals surface area contributed by atoms with E-state index in [0.717, 1.165) is 83.5 Å². The third-order valence-corrected chi connectivity index (χ3v) is 7.69. The Morgan fingerprint density at radius 2 is 1.00 bits per heavy atom. The molecule has 8 nitrogen and oxygen atoms in total. The first-order valence-corrected chi connectivity index (χ1v) is 19.8. The molecule has 1 atom stereocenters. The molecule has 0 unspecified atom stereocenters. The van der Waals surface area contributed by atoms with Crippen molar-refractivity contribution >= 4 is 19.8 Å². The van der Waals surface area contributed by atoms with E-state index >= 15 is 0 Å². The summed E-state index contributed by atoms with van der Waals surface area (Å²) in [5.41, 5.74) is 0. The van der Waals surface area contributed by atoms with Crippen molar-refractivity contribution in [3.8, 4) is 0 Å². The summed E-state index contributed by atoms with van der Waals surface area (Å²) in [6, 6.07) is 0. The van der Waals surface area contributed by atoms with Crippen LogP contribution in [0.25, 0.3) is 0 Å². The highest BCUT2D eigenvalue weighted by Gasteiger charge is 2.22. The average molecular weight is 693 g/mol. The van der Waals surface area contributed by atoms with Gasteiger partial charge in [-0.2, -0.15) is 0 Å². The number of carbonyl (C=O) groups excluding carboxylic acids is 2. The number of unbranched alkanes of at least 4 members (excludes halogenated alkanes) is 10. The molecule has 0 spiro atoms. The minimum Gasteiger partial charge on any atom is -0.462 e. The van der Waals surface area contributed by atoms with Crippen LogP contribution in [0.15, 0.2) is 72.9 Å². The zero-order valence-electron chi connectivity index (χ0n) is 29.9. The molecule has 0 saturated carbocycles. The molecule has 0 amide bonds. The maximum Gasteiger partial charge on any atom is 0.469 e. The van der Waals surface area contributed by atoms with Crippen molar-refractivity contribution in [2.75, 3.05) is 13.2 Å². The van der Waals surface area contributed by atoms with Gasteiger partial charge in [0.15, 0.2) is 6.10 Å². The first kappa shape index (κ1) is 45.5. The standard InChI is InChI=1S/C39H65O8P/c1-3-5-7-9-11-13-15-17-19-21-23-25-27-29-31-33-38(40)45-35-37(36-46-48(42,43)44)47-39(41)34-32-30-28-26-24-22-20-18-16-14-12-10-8-6-4-2/h6,8,11-14,17-20,23,25,37H,3-5,7,9-10,15-16,21-22,24,26-36H2,1-2H3,(H2,42,43,44)/b8-6-,13-11-,14-12-,19-17-,20-18-,25-23-/t37-/m1/s1. The van der Waals surface area contributed by atoms with Crippen LogP contribution in [0.5, 0.6) is 0 Å². The van der Waals surface area contributed by atoms with Crippen LogP contribution in [0.2, 0.25) is 0 Å². The Kier molecular flexibility index (Phi) is 32.6. The fourth-order valence-corrected chi connectivity index (χ4v) is 4.87. The van der Waals surface area contributed by atoms with Gasteiger partial charge in [-0.1, -0.05) is 119 Å². The number of allylic oxidation sites excluding steroid dienone is 12. The first-order chi connectivity index (χ1) is 23.3. The Bertz CT molecular complexity index is 1010. The summed E-state index contributed by atoms with van der Waals surface area (Å²) in [6.07, 6.45) is 43.4. The van der Waals surface area contributed by atoms with Gasteiger partial charge < -0.3 is 19.3 Å². The molecule has 0 aliphatic carbocycles. The Labute approximate surface area is 291 Å². The number of hydrogen-bond donors (Lipinski definition) is 2. The maximum atomic E-state index is 12.3. The molecule has 0 aliphatic heterocycles. The van der Waals surface area contributed by atoms with Crippen LogP contribution in [0.3, 0.4) is 0 Å². The molecule has 9 heteroatoms. The van der Waals surface area contributed by atoms with Gasteiger partial charge >= 0.3 is 19.8 Å². The van der Waals surface area contributed by atoms with E-state index in [1.165, 1.54) is 19.3 Å². The molecule has 0 rings (SSSR count). The summed E-state index contributed by atoms with van der Waals surface area (Å²) in [5, 5.41) is 0. The van der Waals surface area contributed by atoms with Crippen molar-refractivity contribution in [2.24, 2.45) is 0 Å². The van der Waals surface area contributed by atoms with Crippen LogP contribution in [0, 0.1) is 0 Å². The van der Waals surface area contributed by atoms with Gasteiger partial charge in [-0.15, -0.1) is 0 Å².